The highest BCUT2D eigenvalue weighted by molar-refractivity contribution is 5.88. The van der Waals surface area contributed by atoms with Crippen molar-refractivity contribution in [2.75, 3.05) is 7.11 Å². The van der Waals surface area contributed by atoms with Crippen molar-refractivity contribution >= 4 is 5.97 Å². The van der Waals surface area contributed by atoms with Crippen molar-refractivity contribution in [3.63, 3.8) is 0 Å². The van der Waals surface area contributed by atoms with E-state index in [0.717, 1.165) is 12.2 Å². The summed E-state index contributed by atoms with van der Waals surface area (Å²) in [6, 6.07) is 1.42. The van der Waals surface area contributed by atoms with E-state index < -0.39 is 11.4 Å². The molecule has 1 aliphatic carbocycles. The highest BCUT2D eigenvalue weighted by Crippen LogP contribution is 2.26. The van der Waals surface area contributed by atoms with Gasteiger partial charge in [0.1, 0.15) is 5.56 Å². The first-order valence-electron chi connectivity index (χ1n) is 7.50. The van der Waals surface area contributed by atoms with Crippen LogP contribution in [0.2, 0.25) is 0 Å². The number of hydrogen-bond donors (Lipinski definition) is 1. The van der Waals surface area contributed by atoms with E-state index in [-0.39, 0.29) is 12.2 Å². The molecule has 0 spiro atoms. The van der Waals surface area contributed by atoms with Crippen LogP contribution < -0.4 is 5.43 Å². The first-order chi connectivity index (χ1) is 10.0. The van der Waals surface area contributed by atoms with Crippen LogP contribution in [-0.2, 0) is 17.9 Å². The number of nitrogens with zero attached hydrogens (tertiary/aromatic N) is 1. The lowest BCUT2D eigenvalue weighted by atomic mass is 9.89. The molecule has 116 valence electrons. The lowest BCUT2D eigenvalue weighted by Gasteiger charge is -2.26. The summed E-state index contributed by atoms with van der Waals surface area (Å²) in [6.07, 6.45) is 6.08. The Morgan fingerprint density at radius 1 is 1.38 bits per heavy atom. The number of aromatic carboxylic acids is 1. The fourth-order valence-electron chi connectivity index (χ4n) is 3.23. The molecule has 1 aromatic heterocycles. The highest BCUT2D eigenvalue weighted by Gasteiger charge is 2.22. The first kappa shape index (κ1) is 15.8. The lowest BCUT2D eigenvalue weighted by molar-refractivity contribution is 0.0687. The Balaban J connectivity index is 2.44. The third-order valence-electron chi connectivity index (χ3n) is 4.29. The van der Waals surface area contributed by atoms with E-state index >= 15 is 0 Å². The van der Waals surface area contributed by atoms with Crippen LogP contribution >= 0.6 is 0 Å². The van der Waals surface area contributed by atoms with Crippen molar-refractivity contribution in [2.45, 2.75) is 52.2 Å². The summed E-state index contributed by atoms with van der Waals surface area (Å²) in [4.78, 5) is 23.4. The molecule has 0 saturated heterocycles. The van der Waals surface area contributed by atoms with Crippen LogP contribution in [0.1, 0.15) is 53.8 Å². The third kappa shape index (κ3) is 3.53. The summed E-state index contributed by atoms with van der Waals surface area (Å²) in [6.45, 7) is 2.77. The second-order valence-electron chi connectivity index (χ2n) is 5.82. The molecule has 1 N–H and O–H groups in total. The molecule has 0 amide bonds. The number of rotatable bonds is 5. The molecule has 1 heterocycles. The molecule has 21 heavy (non-hydrogen) atoms. The molecule has 0 unspecified atom stereocenters. The van der Waals surface area contributed by atoms with E-state index in [0.29, 0.717) is 11.6 Å². The summed E-state index contributed by atoms with van der Waals surface area (Å²) in [5.41, 5.74) is 0.702. The van der Waals surface area contributed by atoms with Gasteiger partial charge in [-0.05, 0) is 25.7 Å². The summed E-state index contributed by atoms with van der Waals surface area (Å²) >= 11 is 0. The van der Waals surface area contributed by atoms with Gasteiger partial charge in [0.05, 0.1) is 12.3 Å². The number of methoxy groups -OCH3 is 1. The van der Waals surface area contributed by atoms with Crippen molar-refractivity contribution < 1.29 is 14.6 Å². The van der Waals surface area contributed by atoms with Crippen molar-refractivity contribution in [2.24, 2.45) is 5.92 Å². The molecule has 1 fully saturated rings. The quantitative estimate of drug-likeness (QED) is 0.906. The monoisotopic (exact) mass is 293 g/mol. The van der Waals surface area contributed by atoms with Crippen LogP contribution in [0.25, 0.3) is 0 Å². The Morgan fingerprint density at radius 3 is 2.62 bits per heavy atom. The van der Waals surface area contributed by atoms with E-state index in [1.807, 2.05) is 11.5 Å². The van der Waals surface area contributed by atoms with Crippen LogP contribution in [0, 0.1) is 12.8 Å². The van der Waals surface area contributed by atoms with E-state index in [1.54, 1.807) is 0 Å². The number of ether oxygens (including phenoxy) is 1. The van der Waals surface area contributed by atoms with Crippen molar-refractivity contribution in [3.8, 4) is 0 Å². The number of aryl methyl sites for hydroxylation is 1. The van der Waals surface area contributed by atoms with E-state index in [2.05, 4.69) is 0 Å². The number of pyridine rings is 1. The summed E-state index contributed by atoms with van der Waals surface area (Å²) in [5, 5.41) is 9.33. The van der Waals surface area contributed by atoms with Crippen LogP contribution in [0.4, 0.5) is 0 Å². The minimum atomic E-state index is -1.18. The number of hydrogen-bond acceptors (Lipinski definition) is 3. The van der Waals surface area contributed by atoms with E-state index in [4.69, 9.17) is 4.74 Å². The van der Waals surface area contributed by atoms with Gasteiger partial charge in [-0.15, -0.1) is 0 Å². The molecule has 1 aliphatic rings. The van der Waals surface area contributed by atoms with E-state index in [9.17, 15) is 14.7 Å². The van der Waals surface area contributed by atoms with Gasteiger partial charge in [-0.25, -0.2) is 4.79 Å². The summed E-state index contributed by atoms with van der Waals surface area (Å²) in [5.74, 6) is -0.623. The van der Waals surface area contributed by atoms with Gasteiger partial charge in [0.2, 0.25) is 0 Å². The number of carbonyl (C=O) groups is 1. The minimum Gasteiger partial charge on any atom is -0.477 e. The number of carboxylic acid groups (broad SMARTS) is 1. The smallest absolute Gasteiger partial charge is 0.341 e. The maximum Gasteiger partial charge on any atom is 0.341 e. The van der Waals surface area contributed by atoms with Gasteiger partial charge in [-0.2, -0.15) is 0 Å². The Labute approximate surface area is 124 Å². The van der Waals surface area contributed by atoms with Crippen molar-refractivity contribution in [3.05, 3.63) is 33.2 Å². The second kappa shape index (κ2) is 6.89. The average Bonchev–Trinajstić information content (AvgIpc) is 2.44. The molecule has 0 bridgehead atoms. The number of aromatic nitrogens is 1. The van der Waals surface area contributed by atoms with Crippen molar-refractivity contribution in [1.29, 1.82) is 0 Å². The average molecular weight is 293 g/mol. The maximum atomic E-state index is 12.0. The molecule has 0 atom stereocenters. The first-order valence-corrected chi connectivity index (χ1v) is 7.50. The van der Waals surface area contributed by atoms with Gasteiger partial charge in [-0.1, -0.05) is 19.3 Å². The molecule has 0 aromatic carbocycles. The minimum absolute atomic E-state index is 0.144. The Kier molecular flexibility index (Phi) is 5.17. The molecule has 1 aromatic rings. The number of carboxylic acids is 1. The predicted molar refractivity (Wildman–Crippen MR) is 79.7 cm³/mol. The van der Waals surface area contributed by atoms with Crippen molar-refractivity contribution in [1.82, 2.24) is 4.57 Å². The molecule has 2 rings (SSSR count). The molecule has 1 saturated carbocycles. The Hall–Kier alpha value is -1.62. The third-order valence-corrected chi connectivity index (χ3v) is 4.29. The van der Waals surface area contributed by atoms with Crippen LogP contribution in [0.15, 0.2) is 10.9 Å². The van der Waals surface area contributed by atoms with Gasteiger partial charge < -0.3 is 14.4 Å². The largest absolute Gasteiger partial charge is 0.477 e. The van der Waals surface area contributed by atoms with Gasteiger partial charge in [0, 0.05) is 25.4 Å². The maximum absolute atomic E-state index is 12.0. The summed E-state index contributed by atoms with van der Waals surface area (Å²) < 4.78 is 7.10. The zero-order valence-electron chi connectivity index (χ0n) is 12.7. The Morgan fingerprint density at radius 2 is 2.05 bits per heavy atom. The highest BCUT2D eigenvalue weighted by atomic mass is 16.5. The zero-order valence-corrected chi connectivity index (χ0v) is 12.7. The topological polar surface area (TPSA) is 68.5 Å². The van der Waals surface area contributed by atoms with Gasteiger partial charge in [0.25, 0.3) is 0 Å². The van der Waals surface area contributed by atoms with Gasteiger partial charge in [0.15, 0.2) is 5.43 Å². The SMILES string of the molecule is COCc1c(C(=O)O)c(=O)cc(C)n1CC1CCCCC1. The van der Waals surface area contributed by atoms with Crippen LogP contribution in [0.3, 0.4) is 0 Å². The molecule has 0 aliphatic heterocycles. The summed E-state index contributed by atoms with van der Waals surface area (Å²) in [7, 11) is 1.52. The molecular formula is C16H23NO4. The molecule has 5 heteroatoms. The Bertz CT molecular complexity index is 570. The molecule has 5 nitrogen and oxygen atoms in total. The zero-order chi connectivity index (χ0) is 15.4. The molecular weight excluding hydrogens is 270 g/mol. The fraction of sp³-hybridized carbons (Fsp3) is 0.625. The fourth-order valence-corrected chi connectivity index (χ4v) is 3.23. The van der Waals surface area contributed by atoms with E-state index in [1.165, 1.54) is 45.3 Å². The normalized spacial score (nSPS) is 16.1. The van der Waals surface area contributed by atoms with Gasteiger partial charge in [-0.3, -0.25) is 4.79 Å². The second-order valence-corrected chi connectivity index (χ2v) is 5.82. The van der Waals surface area contributed by atoms with Crippen LogP contribution in [-0.4, -0.2) is 22.8 Å². The molecule has 0 radical (unpaired) electrons. The van der Waals surface area contributed by atoms with Gasteiger partial charge >= 0.3 is 5.97 Å². The standard InChI is InChI=1S/C16H23NO4/c1-11-8-14(18)15(16(19)20)13(10-21-2)17(11)9-12-6-4-3-5-7-12/h8,12H,3-7,9-10H2,1-2H3,(H,19,20). The lowest BCUT2D eigenvalue weighted by Crippen LogP contribution is -2.27. The van der Waals surface area contributed by atoms with Crippen LogP contribution in [0.5, 0.6) is 0 Å². The predicted octanol–water partition coefficient (Wildman–Crippen LogP) is 2.58.